The minimum Gasteiger partial charge on any atom is -0.453 e. The Morgan fingerprint density at radius 3 is 2.67 bits per heavy atom. The van der Waals surface area contributed by atoms with Crippen LogP contribution in [0.3, 0.4) is 0 Å². The van der Waals surface area contributed by atoms with E-state index in [0.717, 1.165) is 25.2 Å². The lowest BCUT2D eigenvalue weighted by Crippen LogP contribution is -2.44. The van der Waals surface area contributed by atoms with Crippen LogP contribution in [-0.2, 0) is 4.74 Å². The first kappa shape index (κ1) is 15.9. The maximum absolute atomic E-state index is 11.5. The van der Waals surface area contributed by atoms with Crippen LogP contribution in [0.5, 0.6) is 0 Å². The second kappa shape index (κ2) is 5.70. The van der Waals surface area contributed by atoms with Gasteiger partial charge in [0, 0.05) is 24.1 Å². The van der Waals surface area contributed by atoms with Gasteiger partial charge in [-0.1, -0.05) is 27.7 Å². The highest BCUT2D eigenvalue weighted by atomic mass is 16.5. The number of fused-ring (bicyclic) bond motifs is 1. The van der Waals surface area contributed by atoms with E-state index in [0.29, 0.717) is 0 Å². The largest absolute Gasteiger partial charge is 0.453 e. The Hall–Kier alpha value is -1.52. The van der Waals surface area contributed by atoms with E-state index in [-0.39, 0.29) is 23.6 Å². The smallest absolute Gasteiger partial charge is 0.407 e. The van der Waals surface area contributed by atoms with Gasteiger partial charge in [-0.3, -0.25) is 4.99 Å². The second-order valence-corrected chi connectivity index (χ2v) is 6.85. The predicted octanol–water partition coefficient (Wildman–Crippen LogP) is 2.93. The van der Waals surface area contributed by atoms with E-state index in [1.54, 1.807) is 0 Å². The Labute approximate surface area is 127 Å². The lowest BCUT2D eigenvalue weighted by Gasteiger charge is -2.37. The fourth-order valence-corrected chi connectivity index (χ4v) is 3.25. The first-order valence-corrected chi connectivity index (χ1v) is 7.70. The first-order chi connectivity index (χ1) is 9.77. The first-order valence-electron chi connectivity index (χ1n) is 7.70. The molecule has 0 aliphatic carbocycles. The predicted molar refractivity (Wildman–Crippen MR) is 84.3 cm³/mol. The van der Waals surface area contributed by atoms with Gasteiger partial charge in [0.25, 0.3) is 0 Å². The number of nitrogens with zero attached hydrogens (tertiary/aromatic N) is 2. The van der Waals surface area contributed by atoms with E-state index >= 15 is 0 Å². The maximum Gasteiger partial charge on any atom is 0.407 e. The van der Waals surface area contributed by atoms with Crippen LogP contribution in [0.4, 0.5) is 4.79 Å². The summed E-state index contributed by atoms with van der Waals surface area (Å²) in [6.07, 6.45) is 1.50. The highest BCUT2D eigenvalue weighted by Crippen LogP contribution is 2.37. The van der Waals surface area contributed by atoms with Gasteiger partial charge in [0.1, 0.15) is 5.84 Å². The van der Waals surface area contributed by atoms with Gasteiger partial charge in [0.15, 0.2) is 0 Å². The zero-order valence-corrected chi connectivity index (χ0v) is 14.0. The van der Waals surface area contributed by atoms with Crippen LogP contribution >= 0.6 is 0 Å². The summed E-state index contributed by atoms with van der Waals surface area (Å²) in [6.45, 7) is 11.7. The average Bonchev–Trinajstić information content (AvgIpc) is 2.79. The van der Waals surface area contributed by atoms with Crippen LogP contribution in [0.25, 0.3) is 0 Å². The fourth-order valence-electron chi connectivity index (χ4n) is 3.25. The Balaban J connectivity index is 2.30. The molecule has 2 heterocycles. The van der Waals surface area contributed by atoms with Gasteiger partial charge in [-0.05, 0) is 18.9 Å². The molecule has 118 valence electrons. The summed E-state index contributed by atoms with van der Waals surface area (Å²) in [5.41, 5.74) is 2.72. The van der Waals surface area contributed by atoms with Crippen molar-refractivity contribution in [2.75, 3.05) is 13.7 Å². The summed E-state index contributed by atoms with van der Waals surface area (Å²) < 4.78 is 4.72. The van der Waals surface area contributed by atoms with E-state index in [9.17, 15) is 4.79 Å². The molecule has 1 fully saturated rings. The molecule has 5 nitrogen and oxygen atoms in total. The molecular formula is C16H27N3O2. The number of amides is 1. The molecule has 0 unspecified atom stereocenters. The molecule has 2 aliphatic heterocycles. The van der Waals surface area contributed by atoms with E-state index in [1.165, 1.54) is 18.4 Å². The maximum atomic E-state index is 11.5. The average molecular weight is 293 g/mol. The third-order valence-corrected chi connectivity index (χ3v) is 4.17. The molecule has 2 rings (SSSR count). The number of rotatable bonds is 2. The number of amidine groups is 1. The highest BCUT2D eigenvalue weighted by Gasteiger charge is 2.39. The van der Waals surface area contributed by atoms with E-state index < -0.39 is 0 Å². The standard InChI is InChI=1S/C16H27N3O2/c1-7-12-10(2)17-14(16(3,4)5)19-9-11(8-13(12)19)18-15(20)21-6/h10-11H,7-9H2,1-6H3,(H,18,20)/t10-,11+/m0/s1. The number of carbonyl (C=O) groups excluding carboxylic acids is 1. The van der Waals surface area contributed by atoms with Crippen molar-refractivity contribution < 1.29 is 9.53 Å². The molecule has 0 radical (unpaired) electrons. The molecule has 0 aromatic rings. The number of carbonyl (C=O) groups is 1. The van der Waals surface area contributed by atoms with Gasteiger partial charge in [0.2, 0.25) is 0 Å². The zero-order chi connectivity index (χ0) is 15.8. The molecule has 5 heteroatoms. The van der Waals surface area contributed by atoms with Gasteiger partial charge >= 0.3 is 6.09 Å². The molecular weight excluding hydrogens is 266 g/mol. The van der Waals surface area contributed by atoms with Crippen molar-refractivity contribution in [3.05, 3.63) is 11.3 Å². The van der Waals surface area contributed by atoms with Crippen molar-refractivity contribution in [2.24, 2.45) is 10.4 Å². The topological polar surface area (TPSA) is 53.9 Å². The minimum absolute atomic E-state index is 0.00105. The third kappa shape index (κ3) is 3.06. The van der Waals surface area contributed by atoms with Crippen LogP contribution in [0.2, 0.25) is 0 Å². The number of nitrogens with one attached hydrogen (secondary N) is 1. The quantitative estimate of drug-likeness (QED) is 0.851. The van der Waals surface area contributed by atoms with Crippen molar-refractivity contribution in [1.82, 2.24) is 10.2 Å². The number of aliphatic imine (C=N–C) groups is 1. The number of methoxy groups -OCH3 is 1. The van der Waals surface area contributed by atoms with Crippen molar-refractivity contribution in [2.45, 2.75) is 59.5 Å². The lowest BCUT2D eigenvalue weighted by molar-refractivity contribution is 0.167. The third-order valence-electron chi connectivity index (χ3n) is 4.17. The Morgan fingerprint density at radius 2 is 2.14 bits per heavy atom. The summed E-state index contributed by atoms with van der Waals surface area (Å²) in [5.74, 6) is 1.12. The molecule has 0 saturated carbocycles. The summed E-state index contributed by atoms with van der Waals surface area (Å²) in [4.78, 5) is 18.7. The number of hydrogen-bond donors (Lipinski definition) is 1. The van der Waals surface area contributed by atoms with Crippen molar-refractivity contribution in [1.29, 1.82) is 0 Å². The summed E-state index contributed by atoms with van der Waals surface area (Å²) in [7, 11) is 1.40. The van der Waals surface area contributed by atoms with Gasteiger partial charge in [-0.2, -0.15) is 0 Å². The molecule has 2 aliphatic rings. The molecule has 0 bridgehead atoms. The monoisotopic (exact) mass is 293 g/mol. The number of hydrogen-bond acceptors (Lipinski definition) is 4. The lowest BCUT2D eigenvalue weighted by atomic mass is 9.90. The highest BCUT2D eigenvalue weighted by molar-refractivity contribution is 5.90. The van der Waals surface area contributed by atoms with Crippen LogP contribution in [-0.4, -0.2) is 42.6 Å². The van der Waals surface area contributed by atoms with E-state index in [1.807, 2.05) is 0 Å². The normalized spacial score (nSPS) is 25.6. The molecule has 0 aromatic carbocycles. The van der Waals surface area contributed by atoms with Gasteiger partial charge in [-0.15, -0.1) is 0 Å². The van der Waals surface area contributed by atoms with Gasteiger partial charge in [-0.25, -0.2) is 4.79 Å². The number of ether oxygens (including phenoxy) is 1. The molecule has 2 atom stereocenters. The summed E-state index contributed by atoms with van der Waals surface area (Å²) >= 11 is 0. The van der Waals surface area contributed by atoms with Crippen LogP contribution in [0, 0.1) is 5.41 Å². The van der Waals surface area contributed by atoms with Crippen LogP contribution in [0.15, 0.2) is 16.3 Å². The molecule has 1 saturated heterocycles. The van der Waals surface area contributed by atoms with Crippen molar-refractivity contribution >= 4 is 11.9 Å². The molecule has 1 amide bonds. The second-order valence-electron chi connectivity index (χ2n) is 6.85. The van der Waals surface area contributed by atoms with Crippen molar-refractivity contribution in [3.63, 3.8) is 0 Å². The van der Waals surface area contributed by atoms with Crippen molar-refractivity contribution in [3.8, 4) is 0 Å². The SMILES string of the molecule is CCC1=C2C[C@@H](NC(=O)OC)CN2C(C(C)(C)C)=N[C@H]1C. The molecule has 1 N–H and O–H groups in total. The summed E-state index contributed by atoms with van der Waals surface area (Å²) in [5, 5.41) is 2.92. The van der Waals surface area contributed by atoms with Crippen LogP contribution < -0.4 is 5.32 Å². The fraction of sp³-hybridized carbons (Fsp3) is 0.750. The molecule has 0 spiro atoms. The number of alkyl carbamates (subject to hydrolysis) is 1. The van der Waals surface area contributed by atoms with E-state index in [4.69, 9.17) is 9.73 Å². The minimum atomic E-state index is -0.360. The van der Waals surface area contributed by atoms with Crippen LogP contribution in [0.1, 0.15) is 47.5 Å². The molecule has 21 heavy (non-hydrogen) atoms. The van der Waals surface area contributed by atoms with Gasteiger partial charge in [0.05, 0.1) is 19.2 Å². The summed E-state index contributed by atoms with van der Waals surface area (Å²) in [6, 6.07) is 0.319. The Kier molecular flexibility index (Phi) is 4.30. The zero-order valence-electron chi connectivity index (χ0n) is 14.0. The van der Waals surface area contributed by atoms with Gasteiger partial charge < -0.3 is 15.0 Å². The van der Waals surface area contributed by atoms with E-state index in [2.05, 4.69) is 44.8 Å². The Morgan fingerprint density at radius 1 is 1.48 bits per heavy atom. The molecule has 0 aromatic heterocycles. The Bertz CT molecular complexity index is 488.